The van der Waals surface area contributed by atoms with Crippen molar-refractivity contribution in [2.45, 2.75) is 78.2 Å². The van der Waals surface area contributed by atoms with Crippen molar-refractivity contribution in [1.29, 1.82) is 0 Å². The van der Waals surface area contributed by atoms with Crippen LogP contribution in [-0.4, -0.2) is 50.7 Å². The van der Waals surface area contributed by atoms with Crippen LogP contribution in [0.5, 0.6) is 0 Å². The van der Waals surface area contributed by atoms with E-state index < -0.39 is 23.7 Å². The standard InChI is InChI=1S/C25H29F3N4O2S.2C2H6/c1-25(2,33)16-31-12-10-20(11-13-31)35-32(19-6-4-3-5-7-19)15-18-9-8-17(14-21(18)26)23-29-30-24(34-23)22(27)28;2*1-2/h3-9,14,20,22,33H,10-13,15-16H2,1-2H3;2*1-2H3. The fourth-order valence-corrected chi connectivity index (χ4v) is 5.32. The van der Waals surface area contributed by atoms with Crippen LogP contribution in [0.15, 0.2) is 52.9 Å². The number of para-hydroxylation sites is 1. The monoisotopic (exact) mass is 566 g/mol. The SMILES string of the molecule is CC.CC.CC(C)(O)CN1CCC(SN(Cc2ccc(-c3nnc(C(F)F)o3)cc2F)c2ccccc2)CC1. The Morgan fingerprint density at radius 2 is 1.69 bits per heavy atom. The predicted octanol–water partition coefficient (Wildman–Crippen LogP) is 7.76. The Morgan fingerprint density at radius 3 is 2.23 bits per heavy atom. The maximum absolute atomic E-state index is 15.1. The number of benzene rings is 2. The Balaban J connectivity index is 0.00000127. The molecule has 39 heavy (non-hydrogen) atoms. The van der Waals surface area contributed by atoms with Gasteiger partial charge in [0.05, 0.1) is 12.1 Å². The quantitative estimate of drug-likeness (QED) is 0.266. The Labute approximate surface area is 234 Å². The minimum absolute atomic E-state index is 0.141. The van der Waals surface area contributed by atoms with Gasteiger partial charge in [-0.25, -0.2) is 4.39 Å². The highest BCUT2D eigenvalue weighted by Gasteiger charge is 2.26. The third kappa shape index (κ3) is 10.2. The molecule has 1 N–H and O–H groups in total. The summed E-state index contributed by atoms with van der Waals surface area (Å²) in [6.45, 7) is 14.4. The zero-order valence-electron chi connectivity index (χ0n) is 23.7. The van der Waals surface area contributed by atoms with E-state index in [9.17, 15) is 13.9 Å². The third-order valence-corrected chi connectivity index (χ3v) is 7.07. The molecular formula is C29H41F3N4O2S. The molecule has 1 aromatic heterocycles. The second kappa shape index (κ2) is 15.9. The van der Waals surface area contributed by atoms with Crippen LogP contribution in [0.1, 0.15) is 72.3 Å². The fourth-order valence-electron chi connectivity index (χ4n) is 4.09. The van der Waals surface area contributed by atoms with Gasteiger partial charge in [0.15, 0.2) is 0 Å². The van der Waals surface area contributed by atoms with Gasteiger partial charge < -0.3 is 18.7 Å². The van der Waals surface area contributed by atoms with Crippen molar-refractivity contribution in [3.63, 3.8) is 0 Å². The second-order valence-corrected chi connectivity index (χ2v) is 10.6. The lowest BCUT2D eigenvalue weighted by atomic mass is 10.1. The van der Waals surface area contributed by atoms with Crippen molar-refractivity contribution in [2.75, 3.05) is 23.9 Å². The first-order chi connectivity index (χ1) is 18.7. The van der Waals surface area contributed by atoms with Crippen LogP contribution in [0.2, 0.25) is 0 Å². The van der Waals surface area contributed by atoms with Gasteiger partial charge in [0.1, 0.15) is 5.82 Å². The van der Waals surface area contributed by atoms with Crippen LogP contribution in [0.4, 0.5) is 18.9 Å². The van der Waals surface area contributed by atoms with E-state index in [1.54, 1.807) is 24.1 Å². The first kappa shape index (κ1) is 32.7. The Kier molecular flexibility index (Phi) is 13.3. The maximum Gasteiger partial charge on any atom is 0.314 e. The molecule has 10 heteroatoms. The summed E-state index contributed by atoms with van der Waals surface area (Å²) in [7, 11) is 0. The first-order valence-corrected chi connectivity index (χ1v) is 14.4. The van der Waals surface area contributed by atoms with Gasteiger partial charge >= 0.3 is 6.43 Å². The first-order valence-electron chi connectivity index (χ1n) is 13.5. The van der Waals surface area contributed by atoms with E-state index in [0.29, 0.717) is 23.9 Å². The third-order valence-electron chi connectivity index (χ3n) is 5.71. The largest absolute Gasteiger partial charge is 0.415 e. The van der Waals surface area contributed by atoms with Crippen LogP contribution >= 0.6 is 11.9 Å². The summed E-state index contributed by atoms with van der Waals surface area (Å²) in [6, 6.07) is 14.3. The number of rotatable bonds is 9. The van der Waals surface area contributed by atoms with Gasteiger partial charge in [-0.2, -0.15) is 8.78 Å². The minimum atomic E-state index is -2.88. The van der Waals surface area contributed by atoms with Crippen LogP contribution in [0.3, 0.4) is 0 Å². The molecule has 0 saturated carbocycles. The number of anilines is 1. The van der Waals surface area contributed by atoms with Gasteiger partial charge in [0, 0.05) is 28.6 Å². The lowest BCUT2D eigenvalue weighted by Gasteiger charge is -2.37. The molecule has 2 aromatic carbocycles. The van der Waals surface area contributed by atoms with E-state index in [0.717, 1.165) is 31.6 Å². The highest BCUT2D eigenvalue weighted by Crippen LogP contribution is 2.34. The van der Waals surface area contributed by atoms with Gasteiger partial charge in [0.25, 0.3) is 5.89 Å². The van der Waals surface area contributed by atoms with Gasteiger partial charge in [-0.3, -0.25) is 0 Å². The molecule has 1 aliphatic rings. The summed E-state index contributed by atoms with van der Waals surface area (Å²) in [5.41, 5.74) is 0.974. The van der Waals surface area contributed by atoms with Crippen molar-refractivity contribution < 1.29 is 22.7 Å². The maximum atomic E-state index is 15.1. The molecule has 0 radical (unpaired) electrons. The summed E-state index contributed by atoms with van der Waals surface area (Å²) in [5, 5.41) is 17.4. The molecule has 0 unspecified atom stereocenters. The van der Waals surface area contributed by atoms with E-state index in [1.807, 2.05) is 71.9 Å². The summed E-state index contributed by atoms with van der Waals surface area (Å²) in [5.74, 6) is -1.40. The molecule has 4 rings (SSSR count). The minimum Gasteiger partial charge on any atom is -0.415 e. The van der Waals surface area contributed by atoms with Crippen LogP contribution in [-0.2, 0) is 6.54 Å². The number of hydrogen-bond donors (Lipinski definition) is 1. The average molecular weight is 567 g/mol. The smallest absolute Gasteiger partial charge is 0.314 e. The van der Waals surface area contributed by atoms with Crippen LogP contribution < -0.4 is 4.31 Å². The van der Waals surface area contributed by atoms with Crippen molar-refractivity contribution >= 4 is 17.6 Å². The highest BCUT2D eigenvalue weighted by molar-refractivity contribution is 8.01. The topological polar surface area (TPSA) is 65.6 Å². The Hall–Kier alpha value is -2.56. The number of aliphatic hydroxyl groups is 1. The number of aromatic nitrogens is 2. The van der Waals surface area contributed by atoms with Crippen molar-refractivity contribution in [2.24, 2.45) is 0 Å². The number of piperidine rings is 1. The fraction of sp³-hybridized carbons (Fsp3) is 0.517. The van der Waals surface area contributed by atoms with Crippen LogP contribution in [0, 0.1) is 5.82 Å². The molecular weight excluding hydrogens is 525 g/mol. The number of β-amino-alcohol motifs (C(OH)–C–C–N with tert-alkyl or cyclic N) is 1. The number of likely N-dealkylation sites (tertiary alicyclic amines) is 1. The summed E-state index contributed by atoms with van der Waals surface area (Å²) in [4.78, 5) is 2.28. The van der Waals surface area contributed by atoms with Gasteiger partial charge in [0.2, 0.25) is 5.89 Å². The Bertz CT molecular complexity index is 1100. The molecule has 0 amide bonds. The normalized spacial score (nSPS) is 14.3. The van der Waals surface area contributed by atoms with E-state index in [-0.39, 0.29) is 11.5 Å². The predicted molar refractivity (Wildman–Crippen MR) is 153 cm³/mol. The molecule has 0 aliphatic carbocycles. The molecule has 6 nitrogen and oxygen atoms in total. The zero-order valence-corrected chi connectivity index (χ0v) is 24.5. The molecule has 2 heterocycles. The highest BCUT2D eigenvalue weighted by atomic mass is 32.2. The molecule has 0 spiro atoms. The van der Waals surface area contributed by atoms with E-state index >= 15 is 4.39 Å². The molecule has 1 aliphatic heterocycles. The lowest BCUT2D eigenvalue weighted by Crippen LogP contribution is -2.43. The summed E-state index contributed by atoms with van der Waals surface area (Å²) in [6.07, 6.45) is -0.941. The summed E-state index contributed by atoms with van der Waals surface area (Å²) < 4.78 is 47.6. The number of nitrogens with zero attached hydrogens (tertiary/aromatic N) is 4. The van der Waals surface area contributed by atoms with Gasteiger partial charge in [-0.15, -0.1) is 10.2 Å². The van der Waals surface area contributed by atoms with Crippen molar-refractivity contribution in [3.05, 3.63) is 65.8 Å². The summed E-state index contributed by atoms with van der Waals surface area (Å²) >= 11 is 1.70. The van der Waals surface area contributed by atoms with Crippen LogP contribution in [0.25, 0.3) is 11.5 Å². The molecule has 0 atom stereocenters. The lowest BCUT2D eigenvalue weighted by molar-refractivity contribution is 0.0307. The second-order valence-electron chi connectivity index (χ2n) is 9.32. The number of alkyl halides is 2. The average Bonchev–Trinajstić information content (AvgIpc) is 3.43. The molecule has 216 valence electrons. The molecule has 0 bridgehead atoms. The zero-order chi connectivity index (χ0) is 29.0. The number of hydrogen-bond acceptors (Lipinski definition) is 7. The van der Waals surface area contributed by atoms with E-state index in [1.165, 1.54) is 6.07 Å². The molecule has 1 saturated heterocycles. The molecule has 3 aromatic rings. The Morgan fingerprint density at radius 1 is 1.05 bits per heavy atom. The van der Waals surface area contributed by atoms with E-state index in [2.05, 4.69) is 19.4 Å². The molecule has 1 fully saturated rings. The number of halogens is 3. The van der Waals surface area contributed by atoms with E-state index in [4.69, 9.17) is 4.42 Å². The van der Waals surface area contributed by atoms with Crippen molar-refractivity contribution in [1.82, 2.24) is 15.1 Å². The van der Waals surface area contributed by atoms with Gasteiger partial charge in [-0.05, 0) is 76.0 Å². The van der Waals surface area contributed by atoms with Gasteiger partial charge in [-0.1, -0.05) is 52.0 Å². The van der Waals surface area contributed by atoms with Crippen molar-refractivity contribution in [3.8, 4) is 11.5 Å².